The van der Waals surface area contributed by atoms with Crippen molar-refractivity contribution in [3.63, 3.8) is 0 Å². The Morgan fingerprint density at radius 1 is 1.28 bits per heavy atom. The van der Waals surface area contributed by atoms with Gasteiger partial charge in [-0.05, 0) is 35.7 Å². The molecule has 0 spiro atoms. The molecule has 90 valence electrons. The number of H-pyrrole nitrogens is 1. The molecule has 2 rings (SSSR count). The van der Waals surface area contributed by atoms with Crippen LogP contribution in [0.2, 0.25) is 0 Å². The van der Waals surface area contributed by atoms with E-state index >= 15 is 0 Å². The van der Waals surface area contributed by atoms with Crippen LogP contribution in [0.4, 0.5) is 0 Å². The molecule has 0 fully saturated rings. The lowest BCUT2D eigenvalue weighted by Crippen LogP contribution is -2.12. The van der Waals surface area contributed by atoms with Gasteiger partial charge in [0.2, 0.25) is 0 Å². The number of aromatic amines is 1. The number of pyridine rings is 1. The molecular weight excluding hydrogens is 228 g/mol. The topological polar surface area (TPSA) is 65.9 Å². The molecule has 0 saturated heterocycles. The fourth-order valence-electron chi connectivity index (χ4n) is 1.75. The standard InChI is InChI=1S/C14H12N2O2/c1-18-12-4-2-10(3-5-12)8-11-6-7-16-14(17)13(11)9-15/h2-7H,8H2,1H3,(H,16,17). The minimum atomic E-state index is -0.344. The van der Waals surface area contributed by atoms with E-state index < -0.39 is 0 Å². The van der Waals surface area contributed by atoms with Crippen LogP contribution < -0.4 is 10.3 Å². The Balaban J connectivity index is 2.31. The summed E-state index contributed by atoms with van der Waals surface area (Å²) >= 11 is 0. The Bertz CT molecular complexity index is 636. The summed E-state index contributed by atoms with van der Waals surface area (Å²) in [5.41, 5.74) is 1.58. The molecule has 4 nitrogen and oxygen atoms in total. The molecule has 0 atom stereocenters. The van der Waals surface area contributed by atoms with Gasteiger partial charge in [0.1, 0.15) is 17.4 Å². The smallest absolute Gasteiger partial charge is 0.266 e. The second-order valence-corrected chi connectivity index (χ2v) is 3.84. The maximum Gasteiger partial charge on any atom is 0.266 e. The van der Waals surface area contributed by atoms with Gasteiger partial charge in [0.05, 0.1) is 7.11 Å². The summed E-state index contributed by atoms with van der Waals surface area (Å²) in [4.78, 5) is 14.0. The second-order valence-electron chi connectivity index (χ2n) is 3.84. The lowest BCUT2D eigenvalue weighted by atomic mass is 10.0. The number of nitriles is 1. The minimum Gasteiger partial charge on any atom is -0.497 e. The Morgan fingerprint density at radius 3 is 2.61 bits per heavy atom. The molecule has 18 heavy (non-hydrogen) atoms. The fraction of sp³-hybridized carbons (Fsp3) is 0.143. The van der Waals surface area contributed by atoms with E-state index in [-0.39, 0.29) is 11.1 Å². The van der Waals surface area contributed by atoms with E-state index in [0.29, 0.717) is 6.42 Å². The van der Waals surface area contributed by atoms with Crippen molar-refractivity contribution in [2.24, 2.45) is 0 Å². The van der Waals surface area contributed by atoms with Gasteiger partial charge in [-0.15, -0.1) is 0 Å². The van der Waals surface area contributed by atoms with Gasteiger partial charge in [-0.3, -0.25) is 4.79 Å². The first-order chi connectivity index (χ1) is 8.74. The summed E-state index contributed by atoms with van der Waals surface area (Å²) in [6.45, 7) is 0. The van der Waals surface area contributed by atoms with E-state index in [1.165, 1.54) is 0 Å². The molecule has 0 aliphatic heterocycles. The van der Waals surface area contributed by atoms with Gasteiger partial charge in [0.15, 0.2) is 0 Å². The van der Waals surface area contributed by atoms with Gasteiger partial charge >= 0.3 is 0 Å². The number of methoxy groups -OCH3 is 1. The fourth-order valence-corrected chi connectivity index (χ4v) is 1.75. The molecule has 0 radical (unpaired) electrons. The summed E-state index contributed by atoms with van der Waals surface area (Å²) in [6, 6.07) is 11.2. The highest BCUT2D eigenvalue weighted by molar-refractivity contribution is 5.39. The van der Waals surface area contributed by atoms with Gasteiger partial charge in [-0.2, -0.15) is 5.26 Å². The van der Waals surface area contributed by atoms with E-state index in [1.807, 2.05) is 30.3 Å². The monoisotopic (exact) mass is 240 g/mol. The maximum absolute atomic E-state index is 11.5. The molecule has 0 bridgehead atoms. The molecular formula is C14H12N2O2. The third kappa shape index (κ3) is 2.41. The normalized spacial score (nSPS) is 9.78. The number of rotatable bonds is 3. The van der Waals surface area contributed by atoms with Crippen LogP contribution in [-0.4, -0.2) is 12.1 Å². The van der Waals surface area contributed by atoms with Crippen molar-refractivity contribution in [3.05, 3.63) is 63.6 Å². The summed E-state index contributed by atoms with van der Waals surface area (Å²) in [5, 5.41) is 8.97. The quantitative estimate of drug-likeness (QED) is 0.890. The molecule has 0 saturated carbocycles. The van der Waals surface area contributed by atoms with Crippen LogP contribution in [0.15, 0.2) is 41.3 Å². The zero-order chi connectivity index (χ0) is 13.0. The second kappa shape index (κ2) is 5.19. The average molecular weight is 240 g/mol. The van der Waals surface area contributed by atoms with E-state index in [4.69, 9.17) is 10.00 Å². The van der Waals surface area contributed by atoms with E-state index in [9.17, 15) is 4.79 Å². The first-order valence-electron chi connectivity index (χ1n) is 5.48. The van der Waals surface area contributed by atoms with Crippen LogP contribution in [0, 0.1) is 11.3 Å². The zero-order valence-corrected chi connectivity index (χ0v) is 9.93. The van der Waals surface area contributed by atoms with Crippen molar-refractivity contribution in [1.82, 2.24) is 4.98 Å². The number of ether oxygens (including phenoxy) is 1. The Labute approximate surface area is 104 Å². The number of aromatic nitrogens is 1. The van der Waals surface area contributed by atoms with E-state index in [1.54, 1.807) is 19.4 Å². The SMILES string of the molecule is COc1ccc(Cc2cc[nH]c(=O)c2C#N)cc1. The van der Waals surface area contributed by atoms with Crippen LogP contribution in [0.1, 0.15) is 16.7 Å². The largest absolute Gasteiger partial charge is 0.497 e. The number of hydrogen-bond acceptors (Lipinski definition) is 3. The van der Waals surface area contributed by atoms with Crippen LogP contribution in [0.5, 0.6) is 5.75 Å². The third-order valence-corrected chi connectivity index (χ3v) is 2.71. The minimum absolute atomic E-state index is 0.174. The molecule has 0 amide bonds. The van der Waals surface area contributed by atoms with Crippen molar-refractivity contribution in [2.75, 3.05) is 7.11 Å². The lowest BCUT2D eigenvalue weighted by molar-refractivity contribution is 0.414. The molecule has 1 heterocycles. The molecule has 1 N–H and O–H groups in total. The Morgan fingerprint density at radius 2 is 2.00 bits per heavy atom. The van der Waals surface area contributed by atoms with Gasteiger partial charge in [0.25, 0.3) is 5.56 Å². The molecule has 0 unspecified atom stereocenters. The molecule has 0 aliphatic rings. The van der Waals surface area contributed by atoms with Gasteiger partial charge < -0.3 is 9.72 Å². The summed E-state index contributed by atoms with van der Waals surface area (Å²) in [7, 11) is 1.61. The lowest BCUT2D eigenvalue weighted by Gasteiger charge is -2.04. The van der Waals surface area contributed by atoms with Crippen molar-refractivity contribution in [1.29, 1.82) is 5.26 Å². The Kier molecular flexibility index (Phi) is 3.44. The van der Waals surface area contributed by atoms with Gasteiger partial charge in [-0.25, -0.2) is 0 Å². The first-order valence-corrected chi connectivity index (χ1v) is 5.48. The van der Waals surface area contributed by atoms with E-state index in [2.05, 4.69) is 4.98 Å². The number of hydrogen-bond donors (Lipinski definition) is 1. The van der Waals surface area contributed by atoms with Crippen LogP contribution >= 0.6 is 0 Å². The highest BCUT2D eigenvalue weighted by Gasteiger charge is 2.06. The molecule has 4 heteroatoms. The zero-order valence-electron chi connectivity index (χ0n) is 9.93. The predicted octanol–water partition coefficient (Wildman–Crippen LogP) is 1.85. The van der Waals surface area contributed by atoms with Crippen LogP contribution in [0.3, 0.4) is 0 Å². The molecule has 2 aromatic rings. The highest BCUT2D eigenvalue weighted by Crippen LogP contribution is 2.15. The summed E-state index contributed by atoms with van der Waals surface area (Å²) < 4.78 is 5.08. The van der Waals surface area contributed by atoms with Crippen LogP contribution in [-0.2, 0) is 6.42 Å². The first kappa shape index (κ1) is 11.9. The molecule has 1 aromatic heterocycles. The average Bonchev–Trinajstić information content (AvgIpc) is 2.40. The summed E-state index contributed by atoms with van der Waals surface area (Å²) in [6.07, 6.45) is 2.11. The third-order valence-electron chi connectivity index (χ3n) is 2.71. The van der Waals surface area contributed by atoms with Gasteiger partial charge in [0, 0.05) is 6.20 Å². The predicted molar refractivity (Wildman–Crippen MR) is 67.6 cm³/mol. The van der Waals surface area contributed by atoms with Crippen molar-refractivity contribution in [2.45, 2.75) is 6.42 Å². The van der Waals surface area contributed by atoms with Crippen molar-refractivity contribution < 1.29 is 4.74 Å². The molecule has 1 aromatic carbocycles. The number of nitrogens with zero attached hydrogens (tertiary/aromatic N) is 1. The number of benzene rings is 1. The highest BCUT2D eigenvalue weighted by atomic mass is 16.5. The number of nitrogens with one attached hydrogen (secondary N) is 1. The van der Waals surface area contributed by atoms with E-state index in [0.717, 1.165) is 16.9 Å². The summed E-state index contributed by atoms with van der Waals surface area (Å²) in [5.74, 6) is 0.783. The maximum atomic E-state index is 11.5. The van der Waals surface area contributed by atoms with Crippen molar-refractivity contribution >= 4 is 0 Å². The van der Waals surface area contributed by atoms with Gasteiger partial charge in [-0.1, -0.05) is 12.1 Å². The van der Waals surface area contributed by atoms with Crippen molar-refractivity contribution in [3.8, 4) is 11.8 Å². The Hall–Kier alpha value is -2.54. The molecule has 0 aliphatic carbocycles. The van der Waals surface area contributed by atoms with Crippen LogP contribution in [0.25, 0.3) is 0 Å².